The van der Waals surface area contributed by atoms with Gasteiger partial charge in [-0.1, -0.05) is 17.7 Å². The molecule has 1 aromatic carbocycles. The molecule has 2 heterocycles. The number of piperidine rings is 1. The molecule has 136 valence electrons. The minimum atomic E-state index is -4.45. The predicted octanol–water partition coefficient (Wildman–Crippen LogP) is 4.73. The number of benzene rings is 1. The number of alkyl halides is 3. The summed E-state index contributed by atoms with van der Waals surface area (Å²) in [5, 5.41) is 0. The van der Waals surface area contributed by atoms with Crippen LogP contribution in [0.2, 0.25) is 0 Å². The van der Waals surface area contributed by atoms with Gasteiger partial charge >= 0.3 is 6.18 Å². The normalized spacial score (nSPS) is 15.1. The number of rotatable bonds is 2. The average Bonchev–Trinajstić information content (AvgIpc) is 2.61. The molecule has 1 saturated heterocycles. The van der Waals surface area contributed by atoms with Gasteiger partial charge in [-0.3, -0.25) is 9.78 Å². The van der Waals surface area contributed by atoms with Crippen molar-refractivity contribution >= 4 is 12.0 Å². The Hall–Kier alpha value is -2.63. The van der Waals surface area contributed by atoms with Crippen LogP contribution < -0.4 is 0 Å². The Morgan fingerprint density at radius 1 is 1.12 bits per heavy atom. The van der Waals surface area contributed by atoms with E-state index in [0.717, 1.165) is 23.5 Å². The quantitative estimate of drug-likeness (QED) is 0.776. The molecular formula is C20H19F3N2O. The van der Waals surface area contributed by atoms with E-state index in [1.807, 2.05) is 31.2 Å². The molecule has 1 amide bonds. The minimum absolute atomic E-state index is 0.0765. The summed E-state index contributed by atoms with van der Waals surface area (Å²) >= 11 is 0. The fourth-order valence-electron chi connectivity index (χ4n) is 3.01. The molecule has 1 aliphatic heterocycles. The van der Waals surface area contributed by atoms with Gasteiger partial charge in [0.05, 0.1) is 11.3 Å². The lowest BCUT2D eigenvalue weighted by atomic mass is 10.0. The number of nitrogens with zero attached hydrogens (tertiary/aromatic N) is 2. The molecule has 3 rings (SSSR count). The number of pyridine rings is 1. The number of aromatic nitrogens is 1. The van der Waals surface area contributed by atoms with Crippen molar-refractivity contribution in [2.24, 2.45) is 0 Å². The number of carbonyl (C=O) groups is 1. The lowest BCUT2D eigenvalue weighted by Gasteiger charge is -2.28. The smallest absolute Gasteiger partial charge is 0.338 e. The number of hydrogen-bond donors (Lipinski definition) is 0. The number of amides is 1. The highest BCUT2D eigenvalue weighted by Crippen LogP contribution is 2.30. The second-order valence-electron chi connectivity index (χ2n) is 6.38. The Morgan fingerprint density at radius 3 is 2.46 bits per heavy atom. The molecule has 0 radical (unpaired) electrons. The van der Waals surface area contributed by atoms with Crippen LogP contribution >= 0.6 is 0 Å². The van der Waals surface area contributed by atoms with E-state index in [9.17, 15) is 18.0 Å². The molecule has 0 spiro atoms. The molecular weight excluding hydrogens is 341 g/mol. The molecule has 6 heteroatoms. The maximum absolute atomic E-state index is 12.8. The number of hydrogen-bond acceptors (Lipinski definition) is 2. The number of likely N-dealkylation sites (tertiary alicyclic amines) is 1. The van der Waals surface area contributed by atoms with E-state index in [-0.39, 0.29) is 11.5 Å². The van der Waals surface area contributed by atoms with Crippen LogP contribution in [0.3, 0.4) is 0 Å². The van der Waals surface area contributed by atoms with Gasteiger partial charge in [0.2, 0.25) is 0 Å². The van der Waals surface area contributed by atoms with Gasteiger partial charge in [0, 0.05) is 24.3 Å². The van der Waals surface area contributed by atoms with Crippen LogP contribution in [0.25, 0.3) is 6.08 Å². The summed E-state index contributed by atoms with van der Waals surface area (Å²) < 4.78 is 38.5. The highest BCUT2D eigenvalue weighted by Gasteiger charge is 2.31. The Kier molecular flexibility index (Phi) is 5.11. The summed E-state index contributed by atoms with van der Waals surface area (Å²) in [4.78, 5) is 18.6. The van der Waals surface area contributed by atoms with Gasteiger partial charge in [0.1, 0.15) is 0 Å². The van der Waals surface area contributed by atoms with Crippen LogP contribution in [0.15, 0.2) is 48.0 Å². The SMILES string of the molecule is Cc1cccc(C=C2CCN(C(=O)c3cccc(C(F)(F)F)c3)CC2)n1. The average molecular weight is 360 g/mol. The van der Waals surface area contributed by atoms with Gasteiger partial charge in [0.25, 0.3) is 5.91 Å². The molecule has 1 aliphatic rings. The van der Waals surface area contributed by atoms with Gasteiger partial charge in [-0.25, -0.2) is 0 Å². The van der Waals surface area contributed by atoms with Crippen molar-refractivity contribution in [3.63, 3.8) is 0 Å². The second-order valence-corrected chi connectivity index (χ2v) is 6.38. The van der Waals surface area contributed by atoms with Gasteiger partial charge < -0.3 is 4.90 Å². The fraction of sp³-hybridized carbons (Fsp3) is 0.300. The third-order valence-electron chi connectivity index (χ3n) is 4.39. The molecule has 1 fully saturated rings. The zero-order valence-corrected chi connectivity index (χ0v) is 14.4. The molecule has 0 unspecified atom stereocenters. The Bertz CT molecular complexity index is 833. The van der Waals surface area contributed by atoms with E-state index in [1.54, 1.807) is 4.90 Å². The zero-order chi connectivity index (χ0) is 18.7. The lowest BCUT2D eigenvalue weighted by molar-refractivity contribution is -0.137. The van der Waals surface area contributed by atoms with Crippen LogP contribution in [0.1, 0.15) is 40.2 Å². The van der Waals surface area contributed by atoms with Crippen molar-refractivity contribution in [3.05, 3.63) is 70.6 Å². The number of carbonyl (C=O) groups excluding carboxylic acids is 1. The first-order valence-corrected chi connectivity index (χ1v) is 8.42. The molecule has 0 N–H and O–H groups in total. The highest BCUT2D eigenvalue weighted by molar-refractivity contribution is 5.94. The van der Waals surface area contributed by atoms with E-state index in [4.69, 9.17) is 0 Å². The molecule has 0 bridgehead atoms. The van der Waals surface area contributed by atoms with Crippen LogP contribution in [-0.4, -0.2) is 28.9 Å². The Morgan fingerprint density at radius 2 is 1.81 bits per heavy atom. The Labute approximate surface area is 150 Å². The standard InChI is InChI=1S/C20H19F3N2O/c1-14-4-2-7-18(24-14)12-15-8-10-25(11-9-15)19(26)16-5-3-6-17(13-16)20(21,22)23/h2-7,12-13H,8-11H2,1H3. The van der Waals surface area contributed by atoms with Crippen molar-refractivity contribution in [2.45, 2.75) is 25.9 Å². The Balaban J connectivity index is 1.67. The van der Waals surface area contributed by atoms with E-state index < -0.39 is 11.7 Å². The van der Waals surface area contributed by atoms with Crippen molar-refractivity contribution in [3.8, 4) is 0 Å². The third kappa shape index (κ3) is 4.31. The maximum Gasteiger partial charge on any atom is 0.416 e. The monoisotopic (exact) mass is 360 g/mol. The highest BCUT2D eigenvalue weighted by atomic mass is 19.4. The summed E-state index contributed by atoms with van der Waals surface area (Å²) in [6.07, 6.45) is -1.03. The molecule has 3 nitrogen and oxygen atoms in total. The first kappa shape index (κ1) is 18.2. The van der Waals surface area contributed by atoms with Gasteiger partial charge in [0.15, 0.2) is 0 Å². The van der Waals surface area contributed by atoms with E-state index >= 15 is 0 Å². The molecule has 0 saturated carbocycles. The molecule has 0 atom stereocenters. The summed E-state index contributed by atoms with van der Waals surface area (Å²) in [6.45, 7) is 2.91. The van der Waals surface area contributed by atoms with Gasteiger partial charge in [-0.05, 0) is 56.2 Å². The van der Waals surface area contributed by atoms with Crippen LogP contribution in [0, 0.1) is 6.92 Å². The van der Waals surface area contributed by atoms with Crippen molar-refractivity contribution in [1.29, 1.82) is 0 Å². The van der Waals surface area contributed by atoms with Crippen molar-refractivity contribution in [1.82, 2.24) is 9.88 Å². The maximum atomic E-state index is 12.8. The van der Waals surface area contributed by atoms with E-state index in [0.29, 0.717) is 25.9 Å². The zero-order valence-electron chi connectivity index (χ0n) is 14.4. The van der Waals surface area contributed by atoms with Crippen LogP contribution in [0.4, 0.5) is 13.2 Å². The predicted molar refractivity (Wildman–Crippen MR) is 93.5 cm³/mol. The minimum Gasteiger partial charge on any atom is -0.338 e. The topological polar surface area (TPSA) is 33.2 Å². The number of halogens is 3. The summed E-state index contributed by atoms with van der Waals surface area (Å²) in [7, 11) is 0. The first-order chi connectivity index (χ1) is 12.3. The molecule has 2 aromatic rings. The summed E-state index contributed by atoms with van der Waals surface area (Å²) in [5.74, 6) is -0.358. The lowest BCUT2D eigenvalue weighted by Crippen LogP contribution is -2.36. The van der Waals surface area contributed by atoms with Crippen molar-refractivity contribution in [2.75, 3.05) is 13.1 Å². The van der Waals surface area contributed by atoms with Gasteiger partial charge in [-0.15, -0.1) is 0 Å². The molecule has 0 aliphatic carbocycles. The van der Waals surface area contributed by atoms with E-state index in [1.165, 1.54) is 17.7 Å². The van der Waals surface area contributed by atoms with Crippen LogP contribution in [-0.2, 0) is 6.18 Å². The third-order valence-corrected chi connectivity index (χ3v) is 4.39. The van der Waals surface area contributed by atoms with Crippen molar-refractivity contribution < 1.29 is 18.0 Å². The second kappa shape index (κ2) is 7.32. The summed E-state index contributed by atoms with van der Waals surface area (Å²) in [6, 6.07) is 10.4. The number of aryl methyl sites for hydroxylation is 1. The fourth-order valence-corrected chi connectivity index (χ4v) is 3.01. The van der Waals surface area contributed by atoms with Gasteiger partial charge in [-0.2, -0.15) is 13.2 Å². The first-order valence-electron chi connectivity index (χ1n) is 8.42. The van der Waals surface area contributed by atoms with E-state index in [2.05, 4.69) is 4.98 Å². The molecule has 26 heavy (non-hydrogen) atoms. The van der Waals surface area contributed by atoms with Crippen LogP contribution in [0.5, 0.6) is 0 Å². The molecule has 1 aromatic heterocycles. The summed E-state index contributed by atoms with van der Waals surface area (Å²) in [5.41, 5.74) is 2.30. The largest absolute Gasteiger partial charge is 0.416 e.